The maximum atomic E-state index is 11.5. The number of anilines is 1. The van der Waals surface area contributed by atoms with Crippen LogP contribution in [0.5, 0.6) is 0 Å². The second-order valence-electron chi connectivity index (χ2n) is 9.07. The first-order chi connectivity index (χ1) is 14.3. The highest BCUT2D eigenvalue weighted by Crippen LogP contribution is 2.45. The Balaban J connectivity index is 2.24. The second kappa shape index (κ2) is 9.38. The Morgan fingerprint density at radius 1 is 1.45 bits per heavy atom. The molecule has 1 aliphatic rings. The van der Waals surface area contributed by atoms with Crippen molar-refractivity contribution in [2.24, 2.45) is 0 Å². The average Bonchev–Trinajstić information content (AvgIpc) is 3.19. The van der Waals surface area contributed by atoms with E-state index in [2.05, 4.69) is 11.1 Å². The predicted octanol–water partition coefficient (Wildman–Crippen LogP) is 2.22. The van der Waals surface area contributed by atoms with Gasteiger partial charge < -0.3 is 24.7 Å². The van der Waals surface area contributed by atoms with Crippen molar-refractivity contribution in [2.45, 2.75) is 83.0 Å². The molecule has 1 aromatic heterocycles. The molecule has 10 nitrogen and oxygen atoms in total. The summed E-state index contributed by atoms with van der Waals surface area (Å²) in [5, 5.41) is 9.33. The Morgan fingerprint density at radius 3 is 2.61 bits per heavy atom. The largest absolute Gasteiger partial charge is 0.463 e. The van der Waals surface area contributed by atoms with E-state index in [1.54, 1.807) is 4.57 Å². The molecule has 31 heavy (non-hydrogen) atoms. The first-order valence-electron chi connectivity index (χ1n) is 10.2. The van der Waals surface area contributed by atoms with Crippen LogP contribution in [0.2, 0.25) is 18.1 Å². The number of nitriles is 1. The van der Waals surface area contributed by atoms with Crippen LogP contribution in [0.4, 0.5) is 5.82 Å². The van der Waals surface area contributed by atoms with Gasteiger partial charge >= 0.3 is 11.9 Å². The maximum absolute atomic E-state index is 11.5. The lowest BCUT2D eigenvalue weighted by molar-refractivity contribution is -0.155. The van der Waals surface area contributed by atoms with Gasteiger partial charge in [-0.3, -0.25) is 14.2 Å². The van der Waals surface area contributed by atoms with E-state index in [1.165, 1.54) is 20.2 Å². The summed E-state index contributed by atoms with van der Waals surface area (Å²) in [5.74, 6) is -1.26. The lowest BCUT2D eigenvalue weighted by atomic mass is 9.94. The molecule has 0 spiro atoms. The van der Waals surface area contributed by atoms with Crippen molar-refractivity contribution >= 4 is 26.1 Å². The Kier molecular flexibility index (Phi) is 7.51. The number of hydrogen-bond donors (Lipinski definition) is 2. The Bertz CT molecular complexity index is 857. The highest BCUT2D eigenvalue weighted by molar-refractivity contribution is 6.72. The predicted molar refractivity (Wildman–Crippen MR) is 114 cm³/mol. The molecular weight excluding hydrogens is 420 g/mol. The van der Waals surface area contributed by atoms with Crippen LogP contribution in [0.3, 0.4) is 0 Å². The monoisotopic (exact) mass is 452 g/mol. The molecule has 11 heteroatoms. The number of rotatable bonds is 8. The molecule has 0 aromatic carbocycles. The number of aromatic nitrogens is 2. The van der Waals surface area contributed by atoms with Gasteiger partial charge in [-0.05, 0) is 24.6 Å². The number of esters is 2. The third-order valence-electron chi connectivity index (χ3n) is 5.98. The van der Waals surface area contributed by atoms with Crippen molar-refractivity contribution in [3.05, 3.63) is 12.0 Å². The molecule has 0 aliphatic carbocycles. The van der Waals surface area contributed by atoms with E-state index >= 15 is 0 Å². The van der Waals surface area contributed by atoms with Crippen molar-refractivity contribution in [1.82, 2.24) is 9.55 Å². The van der Waals surface area contributed by atoms with Crippen LogP contribution < -0.4 is 5.73 Å². The number of nitrogen functional groups attached to an aromatic ring is 1. The van der Waals surface area contributed by atoms with Crippen LogP contribution in [0.25, 0.3) is 0 Å². The number of nitrogens with zero attached hydrogens (tertiary/aromatic N) is 3. The Hall–Kier alpha value is -2.42. The molecule has 2 unspecified atom stereocenters. The van der Waals surface area contributed by atoms with Crippen molar-refractivity contribution < 1.29 is 28.6 Å². The summed E-state index contributed by atoms with van der Waals surface area (Å²) in [7, 11) is -2.53. The zero-order valence-corrected chi connectivity index (χ0v) is 19.9. The zero-order valence-electron chi connectivity index (χ0n) is 18.9. The molecule has 172 valence electrons. The van der Waals surface area contributed by atoms with E-state index in [9.17, 15) is 19.6 Å². The minimum absolute atomic E-state index is 0.0591. The Labute approximate surface area is 183 Å². The quantitative estimate of drug-likeness (QED) is 0.447. The molecule has 1 aliphatic heterocycles. The molecule has 0 bridgehead atoms. The molecule has 1 aromatic rings. The average molecular weight is 453 g/mol. The van der Waals surface area contributed by atoms with Crippen molar-refractivity contribution in [2.75, 3.05) is 12.3 Å². The number of carbonyl (C=O) groups is 2. The van der Waals surface area contributed by atoms with Crippen LogP contribution in [0.1, 0.15) is 58.4 Å². The molecule has 0 radical (unpaired) electrons. The SMILES string of the molecule is CC(=O)OC[C@H]1OC(n2cnc([C@@H](C#N)CC(C)(C)[Si](C)(C)O)c2N)CC1OC(C)=O. The van der Waals surface area contributed by atoms with Gasteiger partial charge in [0.25, 0.3) is 0 Å². The lowest BCUT2D eigenvalue weighted by Crippen LogP contribution is -2.39. The topological polar surface area (TPSA) is 150 Å². The number of carbonyl (C=O) groups excluding carboxylic acids is 2. The van der Waals surface area contributed by atoms with E-state index in [4.69, 9.17) is 19.9 Å². The fraction of sp³-hybridized carbons (Fsp3) is 0.700. The van der Waals surface area contributed by atoms with Gasteiger partial charge in [0, 0.05) is 20.3 Å². The summed E-state index contributed by atoms with van der Waals surface area (Å²) in [5.41, 5.74) is 6.75. The molecule has 2 rings (SSSR count). The van der Waals surface area contributed by atoms with Crippen LogP contribution >= 0.6 is 0 Å². The van der Waals surface area contributed by atoms with E-state index in [-0.39, 0.29) is 12.4 Å². The minimum atomic E-state index is -2.53. The molecular formula is C20H32N4O6Si. The van der Waals surface area contributed by atoms with E-state index < -0.39 is 49.6 Å². The van der Waals surface area contributed by atoms with Gasteiger partial charge in [0.2, 0.25) is 0 Å². The summed E-state index contributed by atoms with van der Waals surface area (Å²) >= 11 is 0. The van der Waals surface area contributed by atoms with Crippen molar-refractivity contribution in [3.8, 4) is 6.07 Å². The van der Waals surface area contributed by atoms with Gasteiger partial charge in [-0.25, -0.2) is 4.98 Å². The fourth-order valence-corrected chi connectivity index (χ4v) is 4.11. The number of nitrogens with two attached hydrogens (primary N) is 1. The summed E-state index contributed by atoms with van der Waals surface area (Å²) in [4.78, 5) is 37.6. The summed E-state index contributed by atoms with van der Waals surface area (Å²) < 4.78 is 17.9. The molecule has 2 heterocycles. The summed E-state index contributed by atoms with van der Waals surface area (Å²) in [6.45, 7) is 10.1. The van der Waals surface area contributed by atoms with Crippen molar-refractivity contribution in [3.63, 3.8) is 0 Å². The fourth-order valence-electron chi connectivity index (χ4n) is 3.40. The third kappa shape index (κ3) is 5.84. The lowest BCUT2D eigenvalue weighted by Gasteiger charge is -2.36. The van der Waals surface area contributed by atoms with Crippen LogP contribution in [0, 0.1) is 11.3 Å². The van der Waals surface area contributed by atoms with Gasteiger partial charge in [0.1, 0.15) is 30.9 Å². The second-order valence-corrected chi connectivity index (χ2v) is 13.5. The van der Waals surface area contributed by atoms with Crippen LogP contribution in [-0.4, -0.2) is 53.4 Å². The minimum Gasteiger partial charge on any atom is -0.463 e. The summed E-state index contributed by atoms with van der Waals surface area (Å²) in [6.07, 6.45) is 0.353. The van der Waals surface area contributed by atoms with Crippen molar-refractivity contribution in [1.29, 1.82) is 5.26 Å². The smallest absolute Gasteiger partial charge is 0.303 e. The van der Waals surface area contributed by atoms with Gasteiger partial charge in [0.15, 0.2) is 8.32 Å². The van der Waals surface area contributed by atoms with Gasteiger partial charge in [-0.1, -0.05) is 13.8 Å². The van der Waals surface area contributed by atoms with Crippen LogP contribution in [0.15, 0.2) is 6.33 Å². The Morgan fingerprint density at radius 2 is 2.10 bits per heavy atom. The zero-order chi connectivity index (χ0) is 23.6. The number of imidazole rings is 1. The van der Waals surface area contributed by atoms with Gasteiger partial charge in [-0.15, -0.1) is 0 Å². The highest BCUT2D eigenvalue weighted by atomic mass is 28.4. The maximum Gasteiger partial charge on any atom is 0.303 e. The summed E-state index contributed by atoms with van der Waals surface area (Å²) in [6, 6.07) is 2.26. The van der Waals surface area contributed by atoms with E-state index in [0.29, 0.717) is 18.5 Å². The molecule has 0 saturated carbocycles. The molecule has 0 amide bonds. The number of hydrogen-bond acceptors (Lipinski definition) is 9. The standard InChI is InChI=1S/C20H32N4O6Si/c1-12(25)28-10-16-15(29-13(2)26)7-17(30-16)24-11-23-18(19(24)22)14(9-21)8-20(3,4)31(5,6)27/h11,14-17,27H,7-8,10,22H2,1-6H3/t14-,15?,16-,17?/m1/s1. The third-order valence-corrected chi connectivity index (χ3v) is 9.49. The number of ether oxygens (including phenoxy) is 3. The normalized spacial score (nSPS) is 22.6. The van der Waals surface area contributed by atoms with Gasteiger partial charge in [-0.2, -0.15) is 5.26 Å². The first kappa shape index (κ1) is 24.8. The first-order valence-corrected chi connectivity index (χ1v) is 13.1. The molecule has 3 N–H and O–H groups in total. The highest BCUT2D eigenvalue weighted by Gasteiger charge is 2.42. The molecule has 1 fully saturated rings. The van der Waals surface area contributed by atoms with Gasteiger partial charge in [0.05, 0.1) is 24.0 Å². The van der Waals surface area contributed by atoms with E-state index in [1.807, 2.05) is 26.9 Å². The molecule has 4 atom stereocenters. The van der Waals surface area contributed by atoms with E-state index in [0.717, 1.165) is 0 Å². The molecule has 1 saturated heterocycles. The van der Waals surface area contributed by atoms with Crippen LogP contribution in [-0.2, 0) is 23.8 Å².